The Bertz CT molecular complexity index is 473. The van der Waals surface area contributed by atoms with Gasteiger partial charge >= 0.3 is 0 Å². The van der Waals surface area contributed by atoms with Gasteiger partial charge in [-0.05, 0) is 6.07 Å². The number of carbonyl (C=O) groups is 1. The van der Waals surface area contributed by atoms with Gasteiger partial charge in [0.05, 0.1) is 12.7 Å². The summed E-state index contributed by atoms with van der Waals surface area (Å²) >= 11 is 0. The molecule has 0 unspecified atom stereocenters. The fourth-order valence-corrected chi connectivity index (χ4v) is 1.77. The van der Waals surface area contributed by atoms with E-state index in [1.807, 2.05) is 13.8 Å². The maximum Gasteiger partial charge on any atom is 0.166 e. The lowest BCUT2D eigenvalue weighted by molar-refractivity contribution is 0.0985. The molecule has 0 saturated heterocycles. The van der Waals surface area contributed by atoms with Crippen LogP contribution in [0.25, 0.3) is 0 Å². The van der Waals surface area contributed by atoms with Crippen LogP contribution in [0.1, 0.15) is 43.1 Å². The van der Waals surface area contributed by atoms with Crippen molar-refractivity contribution >= 4 is 5.78 Å². The van der Waals surface area contributed by atoms with Gasteiger partial charge in [0.2, 0.25) is 0 Å². The first kappa shape index (κ1) is 14.3. The molecule has 3 heteroatoms. The fraction of sp³-hybridized carbons (Fsp3) is 0.400. The number of allylic oxidation sites excluding steroid dienone is 1. The van der Waals surface area contributed by atoms with Crippen molar-refractivity contribution in [2.75, 3.05) is 7.11 Å². The number of Topliss-reactive ketones (excluding diaryl/α,β-unsaturated/α-hetero) is 1. The first-order valence-electron chi connectivity index (χ1n) is 5.95. The van der Waals surface area contributed by atoms with Gasteiger partial charge in [-0.2, -0.15) is 0 Å². The van der Waals surface area contributed by atoms with Crippen molar-refractivity contribution in [3.8, 4) is 11.5 Å². The molecule has 0 aliphatic rings. The molecule has 1 N–H and O–H groups in total. The average molecular weight is 248 g/mol. The Labute approximate surface area is 108 Å². The molecule has 0 aliphatic carbocycles. The number of ketones is 1. The lowest BCUT2D eigenvalue weighted by Crippen LogP contribution is -2.15. The molecule has 18 heavy (non-hydrogen) atoms. The zero-order valence-electron chi connectivity index (χ0n) is 11.4. The number of aromatic hydroxyl groups is 1. The Morgan fingerprint density at radius 2 is 2.11 bits per heavy atom. The lowest BCUT2D eigenvalue weighted by atomic mass is 9.82. The second-order valence-electron chi connectivity index (χ2n) is 4.77. The normalized spacial score (nSPS) is 11.1. The van der Waals surface area contributed by atoms with Crippen LogP contribution in [0.2, 0.25) is 0 Å². The van der Waals surface area contributed by atoms with Gasteiger partial charge in [0.25, 0.3) is 0 Å². The molecule has 0 fully saturated rings. The van der Waals surface area contributed by atoms with E-state index in [0.717, 1.165) is 0 Å². The predicted octanol–water partition coefficient (Wildman–Crippen LogP) is 3.46. The number of hydrogen-bond donors (Lipinski definition) is 1. The summed E-state index contributed by atoms with van der Waals surface area (Å²) in [6.07, 6.45) is 2.14. The molecule has 0 atom stereocenters. The van der Waals surface area contributed by atoms with E-state index < -0.39 is 5.41 Å². The zero-order chi connectivity index (χ0) is 13.9. The molecule has 0 heterocycles. The van der Waals surface area contributed by atoms with Gasteiger partial charge in [-0.3, -0.25) is 4.79 Å². The van der Waals surface area contributed by atoms with Gasteiger partial charge in [-0.1, -0.05) is 26.8 Å². The van der Waals surface area contributed by atoms with Crippen molar-refractivity contribution in [2.24, 2.45) is 0 Å². The SMILES string of the molecule is C=CC(C)(C)c1cc(C(=O)CC)c(OC)cc1O. The summed E-state index contributed by atoms with van der Waals surface area (Å²) < 4.78 is 5.14. The van der Waals surface area contributed by atoms with Gasteiger partial charge in [-0.15, -0.1) is 6.58 Å². The molecule has 0 radical (unpaired) electrons. The molecule has 1 aromatic carbocycles. The van der Waals surface area contributed by atoms with Crippen LogP contribution in [0.5, 0.6) is 11.5 Å². The van der Waals surface area contributed by atoms with Crippen LogP contribution in [0.15, 0.2) is 24.8 Å². The van der Waals surface area contributed by atoms with Crippen molar-refractivity contribution in [3.05, 3.63) is 35.9 Å². The first-order chi connectivity index (χ1) is 8.37. The van der Waals surface area contributed by atoms with Crippen LogP contribution >= 0.6 is 0 Å². The number of carbonyl (C=O) groups excluding carboxylic acids is 1. The van der Waals surface area contributed by atoms with Crippen molar-refractivity contribution in [3.63, 3.8) is 0 Å². The summed E-state index contributed by atoms with van der Waals surface area (Å²) in [5.41, 5.74) is 0.775. The van der Waals surface area contributed by atoms with Crippen molar-refractivity contribution in [1.82, 2.24) is 0 Å². The molecular formula is C15H20O3. The highest BCUT2D eigenvalue weighted by Gasteiger charge is 2.24. The van der Waals surface area contributed by atoms with Gasteiger partial charge in [-0.25, -0.2) is 0 Å². The van der Waals surface area contributed by atoms with Crippen LogP contribution in [0, 0.1) is 0 Å². The molecule has 1 rings (SSSR count). The van der Waals surface area contributed by atoms with E-state index in [-0.39, 0.29) is 11.5 Å². The third-order valence-corrected chi connectivity index (χ3v) is 3.14. The molecule has 0 bridgehead atoms. The Morgan fingerprint density at radius 3 is 2.56 bits per heavy atom. The number of phenols is 1. The van der Waals surface area contributed by atoms with E-state index in [4.69, 9.17) is 4.74 Å². The Kier molecular flexibility index (Phi) is 4.17. The predicted molar refractivity (Wildman–Crippen MR) is 72.5 cm³/mol. The van der Waals surface area contributed by atoms with Crippen LogP contribution < -0.4 is 4.74 Å². The van der Waals surface area contributed by atoms with E-state index in [1.54, 1.807) is 19.1 Å². The number of hydrogen-bond acceptors (Lipinski definition) is 3. The second-order valence-corrected chi connectivity index (χ2v) is 4.77. The molecular weight excluding hydrogens is 228 g/mol. The molecule has 0 spiro atoms. The van der Waals surface area contributed by atoms with Gasteiger partial charge < -0.3 is 9.84 Å². The number of rotatable bonds is 5. The minimum Gasteiger partial charge on any atom is -0.507 e. The Balaban J connectivity index is 3.48. The number of phenolic OH excluding ortho intramolecular Hbond substituents is 1. The van der Waals surface area contributed by atoms with Crippen molar-refractivity contribution in [2.45, 2.75) is 32.6 Å². The monoisotopic (exact) mass is 248 g/mol. The summed E-state index contributed by atoms with van der Waals surface area (Å²) in [6, 6.07) is 3.19. The Hall–Kier alpha value is -1.77. The average Bonchev–Trinajstić information content (AvgIpc) is 2.37. The standard InChI is InChI=1S/C15H20O3/c1-6-12(16)10-8-11(15(3,4)7-2)13(17)9-14(10)18-5/h7-9,17H,2,6H2,1,3-5H3. The summed E-state index contributed by atoms with van der Waals surface area (Å²) in [4.78, 5) is 11.9. The third-order valence-electron chi connectivity index (χ3n) is 3.14. The van der Waals surface area contributed by atoms with E-state index in [1.165, 1.54) is 13.2 Å². The number of ether oxygens (including phenoxy) is 1. The molecule has 0 aliphatic heterocycles. The maximum atomic E-state index is 11.9. The first-order valence-corrected chi connectivity index (χ1v) is 5.95. The van der Waals surface area contributed by atoms with Crippen molar-refractivity contribution < 1.29 is 14.6 Å². The lowest BCUT2D eigenvalue weighted by Gasteiger charge is -2.23. The summed E-state index contributed by atoms with van der Waals surface area (Å²) in [5, 5.41) is 10.0. The van der Waals surface area contributed by atoms with Crippen LogP contribution in [-0.2, 0) is 5.41 Å². The number of methoxy groups -OCH3 is 1. The molecule has 98 valence electrons. The van der Waals surface area contributed by atoms with Gasteiger partial charge in [0.15, 0.2) is 5.78 Å². The summed E-state index contributed by atoms with van der Waals surface area (Å²) in [6.45, 7) is 9.42. The topological polar surface area (TPSA) is 46.5 Å². The summed E-state index contributed by atoms with van der Waals surface area (Å²) in [7, 11) is 1.49. The van der Waals surface area contributed by atoms with Gasteiger partial charge in [0, 0.05) is 23.5 Å². The van der Waals surface area contributed by atoms with E-state index in [9.17, 15) is 9.90 Å². The van der Waals surface area contributed by atoms with Crippen LogP contribution in [-0.4, -0.2) is 18.0 Å². The third kappa shape index (κ3) is 2.55. The second kappa shape index (κ2) is 5.25. The largest absolute Gasteiger partial charge is 0.507 e. The van der Waals surface area contributed by atoms with Crippen LogP contribution in [0.3, 0.4) is 0 Å². The maximum absolute atomic E-state index is 11.9. The molecule has 1 aromatic rings. The quantitative estimate of drug-likeness (QED) is 0.641. The van der Waals surface area contributed by atoms with Crippen molar-refractivity contribution in [1.29, 1.82) is 0 Å². The molecule has 0 amide bonds. The highest BCUT2D eigenvalue weighted by atomic mass is 16.5. The minimum absolute atomic E-state index is 0.00652. The summed E-state index contributed by atoms with van der Waals surface area (Å²) in [5.74, 6) is 0.514. The van der Waals surface area contributed by atoms with Gasteiger partial charge in [0.1, 0.15) is 11.5 Å². The molecule has 0 saturated carbocycles. The highest BCUT2D eigenvalue weighted by Crippen LogP contribution is 2.37. The van der Waals surface area contributed by atoms with E-state index in [2.05, 4.69) is 6.58 Å². The van der Waals surface area contributed by atoms with E-state index >= 15 is 0 Å². The molecule has 0 aromatic heterocycles. The Morgan fingerprint density at radius 1 is 1.50 bits per heavy atom. The smallest absolute Gasteiger partial charge is 0.166 e. The highest BCUT2D eigenvalue weighted by molar-refractivity contribution is 5.99. The number of benzene rings is 1. The fourth-order valence-electron chi connectivity index (χ4n) is 1.77. The molecule has 3 nitrogen and oxygen atoms in total. The van der Waals surface area contributed by atoms with Crippen LogP contribution in [0.4, 0.5) is 0 Å². The van der Waals surface area contributed by atoms with E-state index in [0.29, 0.717) is 23.3 Å². The minimum atomic E-state index is -0.404. The zero-order valence-corrected chi connectivity index (χ0v) is 11.4.